The predicted octanol–water partition coefficient (Wildman–Crippen LogP) is 2.53. The largest absolute Gasteiger partial charge is 0.454 e. The summed E-state index contributed by atoms with van der Waals surface area (Å²) in [4.78, 5) is 10.0. The molecule has 0 N–H and O–H groups in total. The molecule has 0 saturated heterocycles. The smallest absolute Gasteiger partial charge is 0.417 e. The van der Waals surface area contributed by atoms with Gasteiger partial charge in [-0.3, -0.25) is 0 Å². The Hall–Kier alpha value is -0.530. The topological polar surface area (TPSA) is 26.3 Å². The van der Waals surface area contributed by atoms with Gasteiger partial charge in [-0.05, 0) is 24.7 Å². The molecule has 0 bridgehead atoms. The van der Waals surface area contributed by atoms with Crippen molar-refractivity contribution >= 4 is 6.47 Å². The monoisotopic (exact) mass is 171 g/mol. The number of carbonyl (C=O) groups excluding carboxylic acids is 1. The molecular formula is C10H19O2. The maximum atomic E-state index is 10.0. The van der Waals surface area contributed by atoms with Crippen LogP contribution in [0.15, 0.2) is 0 Å². The predicted molar refractivity (Wildman–Crippen MR) is 49.5 cm³/mol. The molecule has 0 heterocycles. The van der Waals surface area contributed by atoms with Gasteiger partial charge < -0.3 is 4.74 Å². The van der Waals surface area contributed by atoms with Gasteiger partial charge in [0.25, 0.3) is 0 Å². The SMILES string of the molecule is CCC(O[C]=O)C(C)CC(C)C. The van der Waals surface area contributed by atoms with E-state index >= 15 is 0 Å². The summed E-state index contributed by atoms with van der Waals surface area (Å²) in [6.07, 6.45) is 2.02. The Kier molecular flexibility index (Phi) is 5.77. The molecular weight excluding hydrogens is 152 g/mol. The molecule has 2 unspecified atom stereocenters. The summed E-state index contributed by atoms with van der Waals surface area (Å²) in [5, 5.41) is 0. The molecule has 0 aromatic rings. The van der Waals surface area contributed by atoms with Gasteiger partial charge in [0.15, 0.2) is 0 Å². The van der Waals surface area contributed by atoms with E-state index in [1.54, 1.807) is 0 Å². The van der Waals surface area contributed by atoms with Gasteiger partial charge in [-0.15, -0.1) is 0 Å². The van der Waals surface area contributed by atoms with E-state index in [-0.39, 0.29) is 6.10 Å². The molecule has 0 aromatic carbocycles. The molecule has 12 heavy (non-hydrogen) atoms. The lowest BCUT2D eigenvalue weighted by Gasteiger charge is -2.21. The van der Waals surface area contributed by atoms with Gasteiger partial charge in [0.1, 0.15) is 6.10 Å². The Bertz CT molecular complexity index is 121. The van der Waals surface area contributed by atoms with Gasteiger partial charge >= 0.3 is 6.47 Å². The van der Waals surface area contributed by atoms with Crippen LogP contribution in [0.25, 0.3) is 0 Å². The third kappa shape index (κ3) is 4.37. The standard InChI is InChI=1S/C10H19O2/c1-5-10(12-7-11)9(4)6-8(2)3/h8-10H,5-6H2,1-4H3. The Morgan fingerprint density at radius 1 is 1.33 bits per heavy atom. The quantitative estimate of drug-likeness (QED) is 0.614. The fraction of sp³-hybridized carbons (Fsp3) is 0.900. The van der Waals surface area contributed by atoms with Crippen LogP contribution in [0, 0.1) is 11.8 Å². The minimum atomic E-state index is 0.0462. The molecule has 1 radical (unpaired) electrons. The average Bonchev–Trinajstić information content (AvgIpc) is 1.98. The van der Waals surface area contributed by atoms with E-state index in [1.165, 1.54) is 6.47 Å². The zero-order chi connectivity index (χ0) is 9.56. The highest BCUT2D eigenvalue weighted by atomic mass is 16.5. The lowest BCUT2D eigenvalue weighted by atomic mass is 9.92. The van der Waals surface area contributed by atoms with Crippen molar-refractivity contribution in [2.45, 2.75) is 46.6 Å². The van der Waals surface area contributed by atoms with E-state index in [0.717, 1.165) is 12.8 Å². The van der Waals surface area contributed by atoms with E-state index in [2.05, 4.69) is 20.8 Å². The molecule has 0 fully saturated rings. The summed E-state index contributed by atoms with van der Waals surface area (Å²) >= 11 is 0. The van der Waals surface area contributed by atoms with Crippen molar-refractivity contribution in [2.24, 2.45) is 11.8 Å². The number of hydrogen-bond donors (Lipinski definition) is 0. The molecule has 2 nitrogen and oxygen atoms in total. The van der Waals surface area contributed by atoms with Crippen LogP contribution in [0.5, 0.6) is 0 Å². The third-order valence-corrected chi connectivity index (χ3v) is 2.08. The molecule has 0 aliphatic heterocycles. The van der Waals surface area contributed by atoms with E-state index in [9.17, 15) is 4.79 Å². The molecule has 0 amide bonds. The van der Waals surface area contributed by atoms with Gasteiger partial charge in [-0.1, -0.05) is 27.7 Å². The Labute approximate surface area is 75.3 Å². The van der Waals surface area contributed by atoms with Crippen LogP contribution in [0.2, 0.25) is 0 Å². The van der Waals surface area contributed by atoms with Crippen LogP contribution in [-0.2, 0) is 9.53 Å². The first-order chi connectivity index (χ1) is 5.61. The molecule has 71 valence electrons. The minimum Gasteiger partial charge on any atom is -0.454 e. The summed E-state index contributed by atoms with van der Waals surface area (Å²) in [7, 11) is 0. The minimum absolute atomic E-state index is 0.0462. The summed E-state index contributed by atoms with van der Waals surface area (Å²) in [6.45, 7) is 10.0. The van der Waals surface area contributed by atoms with Gasteiger partial charge in [0.2, 0.25) is 0 Å². The second kappa shape index (κ2) is 6.04. The highest BCUT2D eigenvalue weighted by molar-refractivity contribution is 5.38. The number of rotatable bonds is 6. The molecule has 0 aliphatic carbocycles. The normalized spacial score (nSPS) is 15.8. The van der Waals surface area contributed by atoms with E-state index in [0.29, 0.717) is 11.8 Å². The lowest BCUT2D eigenvalue weighted by Crippen LogP contribution is -2.21. The van der Waals surface area contributed by atoms with Crippen LogP contribution >= 0.6 is 0 Å². The average molecular weight is 171 g/mol. The van der Waals surface area contributed by atoms with Crippen molar-refractivity contribution in [1.29, 1.82) is 0 Å². The van der Waals surface area contributed by atoms with Crippen LogP contribution in [0.4, 0.5) is 0 Å². The zero-order valence-corrected chi connectivity index (χ0v) is 8.46. The first kappa shape index (κ1) is 11.5. The lowest BCUT2D eigenvalue weighted by molar-refractivity contribution is 0.107. The molecule has 0 aromatic heterocycles. The van der Waals surface area contributed by atoms with E-state index in [1.807, 2.05) is 6.92 Å². The van der Waals surface area contributed by atoms with Crippen LogP contribution < -0.4 is 0 Å². The molecule has 2 heteroatoms. The van der Waals surface area contributed by atoms with Crippen LogP contribution in [0.3, 0.4) is 0 Å². The summed E-state index contributed by atoms with van der Waals surface area (Å²) in [5.41, 5.74) is 0. The Balaban J connectivity index is 3.83. The van der Waals surface area contributed by atoms with Crippen molar-refractivity contribution in [1.82, 2.24) is 0 Å². The molecule has 0 rings (SSSR count). The first-order valence-electron chi connectivity index (χ1n) is 4.64. The van der Waals surface area contributed by atoms with Gasteiger partial charge in [0.05, 0.1) is 0 Å². The highest BCUT2D eigenvalue weighted by Gasteiger charge is 2.17. The maximum Gasteiger partial charge on any atom is 0.417 e. The highest BCUT2D eigenvalue weighted by Crippen LogP contribution is 2.18. The molecule has 0 saturated carbocycles. The van der Waals surface area contributed by atoms with Crippen molar-refractivity contribution in [3.63, 3.8) is 0 Å². The van der Waals surface area contributed by atoms with Crippen molar-refractivity contribution in [3.8, 4) is 0 Å². The van der Waals surface area contributed by atoms with Crippen molar-refractivity contribution in [2.75, 3.05) is 0 Å². The van der Waals surface area contributed by atoms with Crippen molar-refractivity contribution < 1.29 is 9.53 Å². The van der Waals surface area contributed by atoms with E-state index in [4.69, 9.17) is 4.74 Å². The summed E-state index contributed by atoms with van der Waals surface area (Å²) in [5.74, 6) is 1.10. The third-order valence-electron chi connectivity index (χ3n) is 2.08. The molecule has 0 spiro atoms. The Morgan fingerprint density at radius 3 is 2.25 bits per heavy atom. The zero-order valence-electron chi connectivity index (χ0n) is 8.46. The van der Waals surface area contributed by atoms with Gasteiger partial charge in [0, 0.05) is 0 Å². The Morgan fingerprint density at radius 2 is 1.92 bits per heavy atom. The van der Waals surface area contributed by atoms with E-state index < -0.39 is 0 Å². The summed E-state index contributed by atoms with van der Waals surface area (Å²) in [6, 6.07) is 0. The second-order valence-corrected chi connectivity index (χ2v) is 3.75. The summed E-state index contributed by atoms with van der Waals surface area (Å²) < 4.78 is 4.85. The van der Waals surface area contributed by atoms with Crippen LogP contribution in [0.1, 0.15) is 40.5 Å². The fourth-order valence-electron chi connectivity index (χ4n) is 1.56. The maximum absolute atomic E-state index is 10.0. The fourth-order valence-corrected chi connectivity index (χ4v) is 1.56. The molecule has 0 aliphatic rings. The number of ether oxygens (including phenoxy) is 1. The van der Waals surface area contributed by atoms with Gasteiger partial charge in [-0.2, -0.15) is 0 Å². The van der Waals surface area contributed by atoms with Crippen LogP contribution in [-0.4, -0.2) is 12.6 Å². The second-order valence-electron chi connectivity index (χ2n) is 3.75. The first-order valence-corrected chi connectivity index (χ1v) is 4.64. The van der Waals surface area contributed by atoms with Gasteiger partial charge in [-0.25, -0.2) is 4.79 Å². The number of hydrogen-bond acceptors (Lipinski definition) is 2. The van der Waals surface area contributed by atoms with Crippen molar-refractivity contribution in [3.05, 3.63) is 0 Å². The molecule has 2 atom stereocenters.